The Morgan fingerprint density at radius 1 is 1.17 bits per heavy atom. The molecule has 1 atom stereocenters. The molecule has 1 N–H and O–H groups in total. The fourth-order valence-electron chi connectivity index (χ4n) is 5.54. The Morgan fingerprint density at radius 3 is 2.86 bits per heavy atom. The van der Waals surface area contributed by atoms with E-state index in [2.05, 4.69) is 15.5 Å². The zero-order chi connectivity index (χ0) is 29.2. The molecule has 6 heterocycles. The molecule has 14 heteroatoms. The molecule has 216 valence electrons. The number of nitrogens with one attached hydrogen (secondary N) is 1. The van der Waals surface area contributed by atoms with Crippen molar-refractivity contribution in [2.45, 2.75) is 44.8 Å². The van der Waals surface area contributed by atoms with Crippen LogP contribution in [0.1, 0.15) is 33.6 Å². The molecule has 0 saturated carbocycles. The number of alkyl halides is 3. The number of rotatable bonds is 5. The molecule has 4 aromatic heterocycles. The topological polar surface area (TPSA) is 104 Å². The number of hydrogen-bond donors (Lipinski definition) is 1. The quantitative estimate of drug-likeness (QED) is 0.301. The van der Waals surface area contributed by atoms with E-state index in [1.807, 2.05) is 18.2 Å². The fourth-order valence-corrected chi connectivity index (χ4v) is 6.91. The first-order valence-electron chi connectivity index (χ1n) is 13.1. The molecule has 42 heavy (non-hydrogen) atoms. The molecule has 1 aromatic carbocycles. The van der Waals surface area contributed by atoms with Crippen LogP contribution in [0.2, 0.25) is 5.02 Å². The van der Waals surface area contributed by atoms with Gasteiger partial charge in [-0.05, 0) is 24.3 Å². The fraction of sp³-hybridized carbons (Fsp3) is 0.286. The highest BCUT2D eigenvalue weighted by Crippen LogP contribution is 2.48. The van der Waals surface area contributed by atoms with Crippen molar-refractivity contribution in [3.8, 4) is 16.9 Å². The molecule has 0 bridgehead atoms. The van der Waals surface area contributed by atoms with Crippen molar-refractivity contribution in [2.75, 3.05) is 6.54 Å². The van der Waals surface area contributed by atoms with Crippen LogP contribution in [-0.4, -0.2) is 32.0 Å². The summed E-state index contributed by atoms with van der Waals surface area (Å²) in [4.78, 5) is 30.2. The lowest BCUT2D eigenvalue weighted by Gasteiger charge is -2.15. The number of ether oxygens (including phenoxy) is 1. The summed E-state index contributed by atoms with van der Waals surface area (Å²) >= 11 is 7.85. The van der Waals surface area contributed by atoms with Crippen molar-refractivity contribution in [3.05, 3.63) is 96.0 Å². The highest BCUT2D eigenvalue weighted by Gasteiger charge is 2.34. The summed E-state index contributed by atoms with van der Waals surface area (Å²) in [5.41, 5.74) is 3.27. The Bertz CT molecular complexity index is 1980. The van der Waals surface area contributed by atoms with Crippen molar-refractivity contribution in [1.82, 2.24) is 24.6 Å². The van der Waals surface area contributed by atoms with E-state index in [0.717, 1.165) is 62.4 Å². The van der Waals surface area contributed by atoms with Crippen molar-refractivity contribution in [3.63, 3.8) is 0 Å². The van der Waals surface area contributed by atoms with Gasteiger partial charge in [0.2, 0.25) is 0 Å². The molecule has 0 aliphatic carbocycles. The molecule has 0 amide bonds. The molecule has 7 rings (SSSR count). The van der Waals surface area contributed by atoms with Crippen molar-refractivity contribution < 1.29 is 22.4 Å². The maximum atomic E-state index is 12.9. The van der Waals surface area contributed by atoms with E-state index in [1.54, 1.807) is 12.3 Å². The van der Waals surface area contributed by atoms with Gasteiger partial charge in [-0.1, -0.05) is 16.8 Å². The Hall–Kier alpha value is -3.94. The number of fused-ring (bicyclic) bond motifs is 3. The highest BCUT2D eigenvalue weighted by atomic mass is 35.5. The standard InChI is InChI=1S/C28H21ClF3N5O4S/c29-15-7-14-8-22(25-19-11-33-4-2-20(19)35-41-25)40-24(14)18(9-15)17-1-5-34-21-10-16(42-26(17)21)12-37-23(38)3-6-36(27(37)39)13-28(30,31)32/h1,3,5-7,9-10,22,33H,2,4,8,11-13H2. The molecule has 5 aromatic rings. The van der Waals surface area contributed by atoms with E-state index in [9.17, 15) is 22.8 Å². The van der Waals surface area contributed by atoms with Gasteiger partial charge in [0.15, 0.2) is 11.9 Å². The number of halogens is 4. The van der Waals surface area contributed by atoms with Gasteiger partial charge in [0.05, 0.1) is 22.5 Å². The molecule has 1 unspecified atom stereocenters. The summed E-state index contributed by atoms with van der Waals surface area (Å²) < 4.78 is 53.0. The maximum absolute atomic E-state index is 12.9. The number of aromatic nitrogens is 4. The molecule has 0 spiro atoms. The third kappa shape index (κ3) is 4.80. The average Bonchev–Trinajstić information content (AvgIpc) is 3.67. The normalized spacial score (nSPS) is 16.4. The van der Waals surface area contributed by atoms with Crippen molar-refractivity contribution >= 4 is 33.2 Å². The molecular weight excluding hydrogens is 595 g/mol. The lowest BCUT2D eigenvalue weighted by molar-refractivity contribution is -0.141. The van der Waals surface area contributed by atoms with Gasteiger partial charge < -0.3 is 14.6 Å². The minimum atomic E-state index is -4.61. The van der Waals surface area contributed by atoms with Gasteiger partial charge in [-0.25, -0.2) is 4.79 Å². The average molecular weight is 616 g/mol. The van der Waals surface area contributed by atoms with Crippen molar-refractivity contribution in [1.29, 1.82) is 0 Å². The van der Waals surface area contributed by atoms with Crippen LogP contribution in [0.25, 0.3) is 21.3 Å². The summed E-state index contributed by atoms with van der Waals surface area (Å²) in [6, 6.07) is 8.18. The Morgan fingerprint density at radius 2 is 2.02 bits per heavy atom. The largest absolute Gasteiger partial charge is 0.481 e. The molecular formula is C28H21ClF3N5O4S. The summed E-state index contributed by atoms with van der Waals surface area (Å²) in [5.74, 6) is 1.35. The second kappa shape index (κ2) is 10.1. The van der Waals surface area contributed by atoms with Gasteiger partial charge in [0.25, 0.3) is 5.56 Å². The van der Waals surface area contributed by atoms with Crippen LogP contribution in [0.15, 0.2) is 56.8 Å². The van der Waals surface area contributed by atoms with Crippen LogP contribution in [-0.2, 0) is 32.5 Å². The smallest absolute Gasteiger partial charge is 0.406 e. The van der Waals surface area contributed by atoms with Gasteiger partial charge in [-0.2, -0.15) is 13.2 Å². The second-order valence-corrected chi connectivity index (χ2v) is 11.8. The maximum Gasteiger partial charge on any atom is 0.406 e. The van der Waals surface area contributed by atoms with E-state index < -0.39 is 24.0 Å². The van der Waals surface area contributed by atoms with Crippen LogP contribution >= 0.6 is 22.9 Å². The van der Waals surface area contributed by atoms with Crippen LogP contribution in [0.5, 0.6) is 5.75 Å². The molecule has 0 fully saturated rings. The summed E-state index contributed by atoms with van der Waals surface area (Å²) in [5, 5.41) is 8.11. The number of hydrogen-bond acceptors (Lipinski definition) is 8. The first-order chi connectivity index (χ1) is 20.1. The predicted molar refractivity (Wildman–Crippen MR) is 149 cm³/mol. The first kappa shape index (κ1) is 26.9. The van der Waals surface area contributed by atoms with Crippen LogP contribution in [0.3, 0.4) is 0 Å². The van der Waals surface area contributed by atoms with Gasteiger partial charge in [-0.15, -0.1) is 11.3 Å². The third-order valence-electron chi connectivity index (χ3n) is 7.39. The van der Waals surface area contributed by atoms with E-state index in [0.29, 0.717) is 44.5 Å². The zero-order valence-corrected chi connectivity index (χ0v) is 23.3. The number of pyridine rings is 1. The monoisotopic (exact) mass is 615 g/mol. The van der Waals surface area contributed by atoms with Crippen LogP contribution < -0.4 is 21.3 Å². The molecule has 9 nitrogen and oxygen atoms in total. The van der Waals surface area contributed by atoms with Crippen LogP contribution in [0, 0.1) is 0 Å². The summed E-state index contributed by atoms with van der Waals surface area (Å²) in [6.45, 7) is -0.188. The lowest BCUT2D eigenvalue weighted by atomic mass is 9.99. The Kier molecular flexibility index (Phi) is 6.48. The summed E-state index contributed by atoms with van der Waals surface area (Å²) in [6.07, 6.45) is -1.14. The SMILES string of the molecule is O=c1ccn(CC(F)(F)F)c(=O)n1Cc1cc2nccc(-c3cc(Cl)cc4c3OC(c3onc5c3CNCC5)C4)c2s1. The molecule has 0 saturated heterocycles. The van der Waals surface area contributed by atoms with Crippen LogP contribution in [0.4, 0.5) is 13.2 Å². The van der Waals surface area contributed by atoms with Gasteiger partial charge in [0.1, 0.15) is 12.3 Å². The lowest BCUT2D eigenvalue weighted by Crippen LogP contribution is -2.41. The summed E-state index contributed by atoms with van der Waals surface area (Å²) in [7, 11) is 0. The van der Waals surface area contributed by atoms with E-state index >= 15 is 0 Å². The van der Waals surface area contributed by atoms with Gasteiger partial charge >= 0.3 is 11.9 Å². The Labute approximate surface area is 244 Å². The number of benzene rings is 1. The van der Waals surface area contributed by atoms with Crippen molar-refractivity contribution in [2.24, 2.45) is 0 Å². The van der Waals surface area contributed by atoms with Gasteiger partial charge in [0, 0.05) is 76.5 Å². The molecule has 2 aliphatic heterocycles. The van der Waals surface area contributed by atoms with E-state index in [1.165, 1.54) is 11.3 Å². The number of thiophene rings is 1. The minimum absolute atomic E-state index is 0.201. The van der Waals surface area contributed by atoms with E-state index in [-0.39, 0.29) is 12.6 Å². The zero-order valence-electron chi connectivity index (χ0n) is 21.7. The van der Waals surface area contributed by atoms with E-state index in [4.69, 9.17) is 20.9 Å². The first-order valence-corrected chi connectivity index (χ1v) is 14.3. The minimum Gasteiger partial charge on any atom is -0.481 e. The highest BCUT2D eigenvalue weighted by molar-refractivity contribution is 7.19. The van der Waals surface area contributed by atoms with Gasteiger partial charge in [-0.3, -0.25) is 18.9 Å². The third-order valence-corrected chi connectivity index (χ3v) is 8.75. The molecule has 2 aliphatic rings. The predicted octanol–water partition coefficient (Wildman–Crippen LogP) is 4.86. The molecule has 0 radical (unpaired) electrons. The second-order valence-electron chi connectivity index (χ2n) is 10.2. The Balaban J connectivity index is 1.25. The number of nitrogens with zero attached hydrogens (tertiary/aromatic N) is 4.